The summed E-state index contributed by atoms with van der Waals surface area (Å²) in [5, 5.41) is 2.86. The Morgan fingerprint density at radius 1 is 1.24 bits per heavy atom. The number of nitrogens with zero attached hydrogens (tertiary/aromatic N) is 1. The van der Waals surface area contributed by atoms with Crippen molar-refractivity contribution in [1.82, 2.24) is 10.2 Å². The van der Waals surface area contributed by atoms with Crippen LogP contribution in [0.25, 0.3) is 0 Å². The van der Waals surface area contributed by atoms with Crippen LogP contribution in [-0.2, 0) is 4.79 Å². The first-order chi connectivity index (χ1) is 8.24. The van der Waals surface area contributed by atoms with Crippen LogP contribution in [0, 0.1) is 5.92 Å². The Hall–Kier alpha value is -1.06. The molecule has 0 bridgehead atoms. The van der Waals surface area contributed by atoms with E-state index in [1.807, 2.05) is 0 Å². The monoisotopic (exact) mass is 238 g/mol. The molecule has 4 nitrogen and oxygen atoms in total. The molecule has 1 unspecified atom stereocenters. The second-order valence-corrected chi connectivity index (χ2v) is 5.17. The number of urea groups is 1. The van der Waals surface area contributed by atoms with Crippen LogP contribution in [0.4, 0.5) is 4.79 Å². The van der Waals surface area contributed by atoms with Crippen molar-refractivity contribution in [2.24, 2.45) is 5.92 Å². The smallest absolute Gasteiger partial charge is 0.324 e. The minimum atomic E-state index is -0.172. The number of carbonyl (C=O) groups excluding carboxylic acids is 2. The molecule has 2 aliphatic rings. The number of nitrogens with one attached hydrogen (secondary N) is 1. The Morgan fingerprint density at radius 2 is 1.94 bits per heavy atom. The summed E-state index contributed by atoms with van der Waals surface area (Å²) in [4.78, 5) is 25.7. The van der Waals surface area contributed by atoms with Gasteiger partial charge in [-0.3, -0.25) is 9.69 Å². The highest BCUT2D eigenvalue weighted by Gasteiger charge is 2.38. The van der Waals surface area contributed by atoms with E-state index >= 15 is 0 Å². The predicted molar refractivity (Wildman–Crippen MR) is 65.5 cm³/mol. The van der Waals surface area contributed by atoms with E-state index in [0.29, 0.717) is 6.54 Å². The van der Waals surface area contributed by atoms with Gasteiger partial charge in [0, 0.05) is 12.6 Å². The number of imide groups is 1. The Morgan fingerprint density at radius 3 is 2.59 bits per heavy atom. The minimum Gasteiger partial charge on any atom is -0.337 e. The number of carbonyl (C=O) groups is 2. The average molecular weight is 238 g/mol. The van der Waals surface area contributed by atoms with Gasteiger partial charge in [-0.25, -0.2) is 4.79 Å². The first-order valence-corrected chi connectivity index (χ1v) is 6.85. The lowest BCUT2D eigenvalue weighted by Gasteiger charge is -2.38. The van der Waals surface area contributed by atoms with Gasteiger partial charge in [-0.05, 0) is 19.3 Å². The molecule has 0 radical (unpaired) electrons. The lowest BCUT2D eigenvalue weighted by Crippen LogP contribution is -2.58. The van der Waals surface area contributed by atoms with Gasteiger partial charge in [0.2, 0.25) is 5.91 Å². The Bertz CT molecular complexity index is 298. The van der Waals surface area contributed by atoms with Crippen LogP contribution in [0.3, 0.4) is 0 Å². The number of amides is 3. The van der Waals surface area contributed by atoms with Crippen molar-refractivity contribution < 1.29 is 9.59 Å². The molecule has 0 aromatic carbocycles. The van der Waals surface area contributed by atoms with Crippen LogP contribution in [0.5, 0.6) is 0 Å². The van der Waals surface area contributed by atoms with E-state index in [9.17, 15) is 9.59 Å². The van der Waals surface area contributed by atoms with Gasteiger partial charge < -0.3 is 5.32 Å². The molecule has 1 saturated carbocycles. The van der Waals surface area contributed by atoms with E-state index in [1.54, 1.807) is 0 Å². The maximum Gasteiger partial charge on any atom is 0.324 e. The normalized spacial score (nSPS) is 27.1. The lowest BCUT2D eigenvalue weighted by molar-refractivity contribution is -0.136. The molecule has 0 aromatic rings. The lowest BCUT2D eigenvalue weighted by atomic mass is 9.91. The third kappa shape index (κ3) is 2.61. The molecule has 3 amide bonds. The molecule has 2 rings (SSSR count). The summed E-state index contributed by atoms with van der Waals surface area (Å²) in [6.07, 6.45) is 7.35. The summed E-state index contributed by atoms with van der Waals surface area (Å²) in [6, 6.07) is -0.0230. The van der Waals surface area contributed by atoms with E-state index < -0.39 is 0 Å². The summed E-state index contributed by atoms with van der Waals surface area (Å²) in [5.41, 5.74) is 0. The van der Waals surface area contributed by atoms with Crippen LogP contribution >= 0.6 is 0 Å². The molecule has 1 N–H and O–H groups in total. The zero-order chi connectivity index (χ0) is 12.3. The molecule has 96 valence electrons. The van der Waals surface area contributed by atoms with E-state index in [0.717, 1.165) is 38.5 Å². The standard InChI is InChI=1S/C13H22N2O2/c1-2-6-10-9-14-13(17)15(12(10)16)11-7-4-3-5-8-11/h10-11H,2-9H2,1H3,(H,14,17). The first kappa shape index (κ1) is 12.4. The topological polar surface area (TPSA) is 49.4 Å². The van der Waals surface area contributed by atoms with Crippen LogP contribution < -0.4 is 5.32 Å². The molecule has 2 fully saturated rings. The summed E-state index contributed by atoms with van der Waals surface area (Å²) in [6.45, 7) is 2.60. The van der Waals surface area contributed by atoms with Gasteiger partial charge in [-0.15, -0.1) is 0 Å². The molecule has 1 atom stereocenters. The molecule has 1 heterocycles. The Labute approximate surface area is 103 Å². The molecule has 0 spiro atoms. The highest BCUT2D eigenvalue weighted by molar-refractivity contribution is 5.98. The van der Waals surface area contributed by atoms with Crippen LogP contribution in [0.15, 0.2) is 0 Å². The molecule has 17 heavy (non-hydrogen) atoms. The molecule has 0 aromatic heterocycles. The summed E-state index contributed by atoms with van der Waals surface area (Å²) in [5.74, 6) is 0.0575. The predicted octanol–water partition coefficient (Wildman–Crippen LogP) is 2.29. The Balaban J connectivity index is 2.06. The van der Waals surface area contributed by atoms with Crippen molar-refractivity contribution in [3.05, 3.63) is 0 Å². The van der Waals surface area contributed by atoms with Crippen LogP contribution in [0.1, 0.15) is 51.9 Å². The summed E-state index contributed by atoms with van der Waals surface area (Å²) in [7, 11) is 0. The molecular formula is C13H22N2O2. The largest absolute Gasteiger partial charge is 0.337 e. The van der Waals surface area contributed by atoms with E-state index in [-0.39, 0.29) is 23.9 Å². The molecule has 1 aliphatic heterocycles. The van der Waals surface area contributed by atoms with Crippen molar-refractivity contribution in [2.75, 3.05) is 6.54 Å². The number of hydrogen-bond donors (Lipinski definition) is 1. The molecule has 1 aliphatic carbocycles. The second kappa shape index (κ2) is 5.52. The highest BCUT2D eigenvalue weighted by Crippen LogP contribution is 2.26. The van der Waals surface area contributed by atoms with Gasteiger partial charge in [-0.2, -0.15) is 0 Å². The second-order valence-electron chi connectivity index (χ2n) is 5.17. The van der Waals surface area contributed by atoms with Crippen molar-refractivity contribution in [3.8, 4) is 0 Å². The quantitative estimate of drug-likeness (QED) is 0.820. The van der Waals surface area contributed by atoms with E-state index in [4.69, 9.17) is 0 Å². The highest BCUT2D eigenvalue weighted by atomic mass is 16.2. The first-order valence-electron chi connectivity index (χ1n) is 6.85. The van der Waals surface area contributed by atoms with Crippen molar-refractivity contribution in [1.29, 1.82) is 0 Å². The van der Waals surface area contributed by atoms with Crippen molar-refractivity contribution in [3.63, 3.8) is 0 Å². The van der Waals surface area contributed by atoms with E-state index in [1.165, 1.54) is 11.3 Å². The Kier molecular flexibility index (Phi) is 4.02. The zero-order valence-electron chi connectivity index (χ0n) is 10.6. The maximum absolute atomic E-state index is 12.3. The number of hydrogen-bond acceptors (Lipinski definition) is 2. The average Bonchev–Trinajstić information content (AvgIpc) is 2.35. The van der Waals surface area contributed by atoms with Gasteiger partial charge >= 0.3 is 6.03 Å². The van der Waals surface area contributed by atoms with Gasteiger partial charge in [0.1, 0.15) is 0 Å². The van der Waals surface area contributed by atoms with Gasteiger partial charge in [0.05, 0.1) is 5.92 Å². The molecule has 1 saturated heterocycles. The minimum absolute atomic E-state index is 0.000346. The molecule has 4 heteroatoms. The fraction of sp³-hybridized carbons (Fsp3) is 0.846. The fourth-order valence-electron chi connectivity index (χ4n) is 2.94. The van der Waals surface area contributed by atoms with E-state index in [2.05, 4.69) is 12.2 Å². The SMILES string of the molecule is CCCC1CNC(=O)N(C2CCCCC2)C1=O. The van der Waals surface area contributed by atoms with Crippen LogP contribution in [-0.4, -0.2) is 29.4 Å². The summed E-state index contributed by atoms with van der Waals surface area (Å²) >= 11 is 0. The maximum atomic E-state index is 12.3. The fourth-order valence-corrected chi connectivity index (χ4v) is 2.94. The van der Waals surface area contributed by atoms with Crippen molar-refractivity contribution >= 4 is 11.9 Å². The van der Waals surface area contributed by atoms with Gasteiger partial charge in [-0.1, -0.05) is 32.6 Å². The van der Waals surface area contributed by atoms with Gasteiger partial charge in [0.15, 0.2) is 0 Å². The zero-order valence-corrected chi connectivity index (χ0v) is 10.6. The third-order valence-corrected chi connectivity index (χ3v) is 3.88. The van der Waals surface area contributed by atoms with Crippen molar-refractivity contribution in [2.45, 2.75) is 57.9 Å². The van der Waals surface area contributed by atoms with Crippen LogP contribution in [0.2, 0.25) is 0 Å². The third-order valence-electron chi connectivity index (χ3n) is 3.88. The number of rotatable bonds is 3. The van der Waals surface area contributed by atoms with Gasteiger partial charge in [0.25, 0.3) is 0 Å². The molecular weight excluding hydrogens is 216 g/mol. The summed E-state index contributed by atoms with van der Waals surface area (Å²) < 4.78 is 0.